The van der Waals surface area contributed by atoms with E-state index in [-0.39, 0.29) is 0 Å². The summed E-state index contributed by atoms with van der Waals surface area (Å²) in [6, 6.07) is 0. The highest BCUT2D eigenvalue weighted by atomic mass is 15.3. The van der Waals surface area contributed by atoms with Crippen molar-refractivity contribution in [1.29, 1.82) is 0 Å². The van der Waals surface area contributed by atoms with Gasteiger partial charge in [-0.3, -0.25) is 4.68 Å². The lowest BCUT2D eigenvalue weighted by Crippen LogP contribution is -2.18. The zero-order valence-electron chi connectivity index (χ0n) is 11.1. The van der Waals surface area contributed by atoms with Crippen molar-refractivity contribution in [3.05, 3.63) is 17.0 Å². The number of nitrogens with zero attached hydrogens (tertiary/aromatic N) is 2. The summed E-state index contributed by atoms with van der Waals surface area (Å²) in [5, 5.41) is 8.01. The van der Waals surface area contributed by atoms with Crippen LogP contribution in [0, 0.1) is 13.8 Å². The topological polar surface area (TPSA) is 29.9 Å². The Balaban J connectivity index is 2.42. The smallest absolute Gasteiger partial charge is 0.0628 e. The Morgan fingerprint density at radius 2 is 1.94 bits per heavy atom. The van der Waals surface area contributed by atoms with E-state index < -0.39 is 0 Å². The molecule has 0 aliphatic rings. The standard InChI is InChI=1S/C13H25N3/c1-5-8-14-9-7-10-16-12(4)13(6-2)11(3)15-16/h14H,5-10H2,1-4H3. The molecule has 0 fully saturated rings. The molecular weight excluding hydrogens is 198 g/mol. The van der Waals surface area contributed by atoms with Crippen molar-refractivity contribution in [3.63, 3.8) is 0 Å². The van der Waals surface area contributed by atoms with Crippen molar-refractivity contribution in [2.75, 3.05) is 13.1 Å². The van der Waals surface area contributed by atoms with E-state index in [1.807, 2.05) is 0 Å². The van der Waals surface area contributed by atoms with Gasteiger partial charge in [0.25, 0.3) is 0 Å². The van der Waals surface area contributed by atoms with E-state index in [4.69, 9.17) is 0 Å². The Morgan fingerprint density at radius 3 is 2.50 bits per heavy atom. The zero-order chi connectivity index (χ0) is 12.0. The Morgan fingerprint density at radius 1 is 1.19 bits per heavy atom. The molecule has 0 bridgehead atoms. The minimum Gasteiger partial charge on any atom is -0.317 e. The van der Waals surface area contributed by atoms with Crippen molar-refractivity contribution in [1.82, 2.24) is 15.1 Å². The van der Waals surface area contributed by atoms with Crippen LogP contribution in [0.5, 0.6) is 0 Å². The Kier molecular flexibility index (Phi) is 5.53. The van der Waals surface area contributed by atoms with E-state index in [0.29, 0.717) is 0 Å². The third-order valence-corrected chi connectivity index (χ3v) is 3.04. The number of hydrogen-bond acceptors (Lipinski definition) is 2. The van der Waals surface area contributed by atoms with Gasteiger partial charge in [0.1, 0.15) is 0 Å². The Hall–Kier alpha value is -0.830. The molecule has 16 heavy (non-hydrogen) atoms. The molecule has 1 rings (SSSR count). The fraction of sp³-hybridized carbons (Fsp3) is 0.769. The fourth-order valence-corrected chi connectivity index (χ4v) is 2.12. The molecule has 1 aromatic rings. The normalized spacial score (nSPS) is 11.0. The van der Waals surface area contributed by atoms with Crippen LogP contribution >= 0.6 is 0 Å². The largest absolute Gasteiger partial charge is 0.317 e. The lowest BCUT2D eigenvalue weighted by Gasteiger charge is -2.05. The summed E-state index contributed by atoms with van der Waals surface area (Å²) in [4.78, 5) is 0. The second-order valence-corrected chi connectivity index (χ2v) is 4.33. The lowest BCUT2D eigenvalue weighted by atomic mass is 10.1. The SMILES string of the molecule is CCCNCCCn1nc(C)c(CC)c1C. The van der Waals surface area contributed by atoms with Crippen molar-refractivity contribution in [2.24, 2.45) is 0 Å². The summed E-state index contributed by atoms with van der Waals surface area (Å²) in [6.45, 7) is 11.9. The van der Waals surface area contributed by atoms with Crippen LogP contribution in [0.2, 0.25) is 0 Å². The van der Waals surface area contributed by atoms with Gasteiger partial charge in [-0.05, 0) is 51.8 Å². The molecule has 0 saturated heterocycles. The van der Waals surface area contributed by atoms with Crippen molar-refractivity contribution < 1.29 is 0 Å². The van der Waals surface area contributed by atoms with Crippen LogP contribution in [0.15, 0.2) is 0 Å². The highest BCUT2D eigenvalue weighted by Gasteiger charge is 2.08. The van der Waals surface area contributed by atoms with Gasteiger partial charge in [-0.2, -0.15) is 5.10 Å². The minimum atomic E-state index is 1.03. The third kappa shape index (κ3) is 3.34. The quantitative estimate of drug-likeness (QED) is 0.720. The molecule has 3 nitrogen and oxygen atoms in total. The number of aryl methyl sites for hydroxylation is 2. The molecule has 92 valence electrons. The van der Waals surface area contributed by atoms with Gasteiger partial charge < -0.3 is 5.32 Å². The third-order valence-electron chi connectivity index (χ3n) is 3.04. The molecule has 1 N–H and O–H groups in total. The molecule has 0 aromatic carbocycles. The van der Waals surface area contributed by atoms with Crippen LogP contribution in [0.25, 0.3) is 0 Å². The van der Waals surface area contributed by atoms with Crippen LogP contribution in [-0.2, 0) is 13.0 Å². The molecule has 0 aliphatic carbocycles. The van der Waals surface area contributed by atoms with E-state index in [2.05, 4.69) is 42.8 Å². The van der Waals surface area contributed by atoms with Gasteiger partial charge in [0.05, 0.1) is 5.69 Å². The van der Waals surface area contributed by atoms with E-state index in [0.717, 1.165) is 32.5 Å². The van der Waals surface area contributed by atoms with Gasteiger partial charge in [0.2, 0.25) is 0 Å². The first-order valence-electron chi connectivity index (χ1n) is 6.44. The zero-order valence-corrected chi connectivity index (χ0v) is 11.1. The average molecular weight is 223 g/mol. The van der Waals surface area contributed by atoms with Crippen molar-refractivity contribution in [2.45, 2.75) is 53.5 Å². The highest BCUT2D eigenvalue weighted by molar-refractivity contribution is 5.24. The maximum atomic E-state index is 4.59. The number of nitrogens with one attached hydrogen (secondary N) is 1. The van der Waals surface area contributed by atoms with Gasteiger partial charge in [0.15, 0.2) is 0 Å². The Bertz CT molecular complexity index is 315. The van der Waals surface area contributed by atoms with Gasteiger partial charge in [0, 0.05) is 12.2 Å². The van der Waals surface area contributed by atoms with Gasteiger partial charge >= 0.3 is 0 Å². The maximum absolute atomic E-state index is 4.59. The fourth-order valence-electron chi connectivity index (χ4n) is 2.12. The van der Waals surface area contributed by atoms with Crippen molar-refractivity contribution in [3.8, 4) is 0 Å². The first-order valence-corrected chi connectivity index (χ1v) is 6.44. The molecule has 3 heteroatoms. The molecule has 0 spiro atoms. The lowest BCUT2D eigenvalue weighted by molar-refractivity contribution is 0.531. The van der Waals surface area contributed by atoms with Crippen LogP contribution in [0.3, 0.4) is 0 Å². The second-order valence-electron chi connectivity index (χ2n) is 4.33. The molecule has 0 atom stereocenters. The van der Waals surface area contributed by atoms with Gasteiger partial charge in [-0.25, -0.2) is 0 Å². The van der Waals surface area contributed by atoms with Gasteiger partial charge in [-0.1, -0.05) is 13.8 Å². The second kappa shape index (κ2) is 6.69. The average Bonchev–Trinajstić information content (AvgIpc) is 2.53. The highest BCUT2D eigenvalue weighted by Crippen LogP contribution is 2.13. The maximum Gasteiger partial charge on any atom is 0.0628 e. The first-order chi connectivity index (χ1) is 7.70. The van der Waals surface area contributed by atoms with E-state index in [1.165, 1.54) is 23.4 Å². The molecule has 0 amide bonds. The first kappa shape index (κ1) is 13.2. The van der Waals surface area contributed by atoms with E-state index >= 15 is 0 Å². The van der Waals surface area contributed by atoms with Crippen LogP contribution in [-0.4, -0.2) is 22.9 Å². The summed E-state index contributed by atoms with van der Waals surface area (Å²) in [5.41, 5.74) is 3.96. The van der Waals surface area contributed by atoms with Crippen LogP contribution in [0.4, 0.5) is 0 Å². The molecule has 0 radical (unpaired) electrons. The number of rotatable bonds is 7. The summed E-state index contributed by atoms with van der Waals surface area (Å²) in [5.74, 6) is 0. The summed E-state index contributed by atoms with van der Waals surface area (Å²) in [7, 11) is 0. The van der Waals surface area contributed by atoms with Crippen molar-refractivity contribution >= 4 is 0 Å². The van der Waals surface area contributed by atoms with Crippen LogP contribution < -0.4 is 5.32 Å². The molecular formula is C13H25N3. The minimum absolute atomic E-state index is 1.03. The summed E-state index contributed by atoms with van der Waals surface area (Å²) in [6.07, 6.45) is 3.46. The molecule has 0 aliphatic heterocycles. The molecule has 0 saturated carbocycles. The predicted molar refractivity (Wildman–Crippen MR) is 68.9 cm³/mol. The van der Waals surface area contributed by atoms with E-state index in [9.17, 15) is 0 Å². The number of aromatic nitrogens is 2. The predicted octanol–water partition coefficient (Wildman–Crippen LogP) is 2.45. The molecule has 1 aromatic heterocycles. The number of hydrogen-bond donors (Lipinski definition) is 1. The Labute approximate surface area is 99.2 Å². The molecule has 1 heterocycles. The summed E-state index contributed by atoms with van der Waals surface area (Å²) < 4.78 is 2.15. The van der Waals surface area contributed by atoms with E-state index in [1.54, 1.807) is 0 Å². The monoisotopic (exact) mass is 223 g/mol. The van der Waals surface area contributed by atoms with Gasteiger partial charge in [-0.15, -0.1) is 0 Å². The molecule has 0 unspecified atom stereocenters. The summed E-state index contributed by atoms with van der Waals surface area (Å²) >= 11 is 0. The van der Waals surface area contributed by atoms with Crippen LogP contribution in [0.1, 0.15) is 43.6 Å².